The summed E-state index contributed by atoms with van der Waals surface area (Å²) in [6.07, 6.45) is 1.79. The van der Waals surface area contributed by atoms with E-state index in [1.807, 2.05) is 30.3 Å². The first-order valence-corrected chi connectivity index (χ1v) is 7.11. The number of phenols is 2. The van der Waals surface area contributed by atoms with Gasteiger partial charge in [0.15, 0.2) is 17.2 Å². The molecule has 0 aliphatic carbocycles. The van der Waals surface area contributed by atoms with Crippen molar-refractivity contribution in [2.75, 3.05) is 0 Å². The summed E-state index contributed by atoms with van der Waals surface area (Å²) >= 11 is 0. The van der Waals surface area contributed by atoms with Gasteiger partial charge in [0.2, 0.25) is 0 Å². The number of aromatic hydroxyl groups is 2. The van der Waals surface area contributed by atoms with Crippen LogP contribution < -0.4 is 0 Å². The number of H-pyrrole nitrogens is 1. The molecule has 0 amide bonds. The molecule has 110 valence electrons. The molecule has 0 saturated carbocycles. The molecule has 4 heteroatoms. The van der Waals surface area contributed by atoms with Gasteiger partial charge in [-0.05, 0) is 34.4 Å². The first-order valence-electron chi connectivity index (χ1n) is 7.11. The van der Waals surface area contributed by atoms with Crippen LogP contribution in [-0.4, -0.2) is 15.2 Å². The molecule has 1 heterocycles. The molecule has 0 aliphatic rings. The van der Waals surface area contributed by atoms with Crippen molar-refractivity contribution in [3.05, 3.63) is 66.1 Å². The van der Waals surface area contributed by atoms with Gasteiger partial charge in [0.25, 0.3) is 0 Å². The third-order valence-corrected chi connectivity index (χ3v) is 4.07. The van der Waals surface area contributed by atoms with Crippen LogP contribution in [0.4, 0.5) is 5.69 Å². The van der Waals surface area contributed by atoms with Gasteiger partial charge in [-0.1, -0.05) is 30.3 Å². The molecule has 4 aromatic rings. The molecule has 0 spiro atoms. The summed E-state index contributed by atoms with van der Waals surface area (Å²) in [5.74, 6) is -0.313. The molecule has 0 atom stereocenters. The van der Waals surface area contributed by atoms with Crippen molar-refractivity contribution >= 4 is 27.4 Å². The van der Waals surface area contributed by atoms with Gasteiger partial charge in [-0.2, -0.15) is 0 Å². The number of nitrogens with zero attached hydrogens (tertiary/aromatic N) is 1. The second-order valence-corrected chi connectivity index (χ2v) is 5.38. The third-order valence-electron chi connectivity index (χ3n) is 4.07. The number of benzene rings is 3. The maximum Gasteiger partial charge on any atom is 0.188 e. The molecule has 4 rings (SSSR count). The SMILES string of the molecule is [C-]#[N+]c1ccc2[nH]cc(-c3c(O)c(O)cc4ccccc34)c2c1. The lowest BCUT2D eigenvalue weighted by Gasteiger charge is -2.10. The van der Waals surface area contributed by atoms with E-state index in [2.05, 4.69) is 9.83 Å². The average Bonchev–Trinajstić information content (AvgIpc) is 2.99. The van der Waals surface area contributed by atoms with Gasteiger partial charge < -0.3 is 15.2 Å². The van der Waals surface area contributed by atoms with Crippen LogP contribution in [0.1, 0.15) is 0 Å². The largest absolute Gasteiger partial charge is 0.504 e. The summed E-state index contributed by atoms with van der Waals surface area (Å²) in [5.41, 5.74) is 2.73. The molecule has 23 heavy (non-hydrogen) atoms. The average molecular weight is 300 g/mol. The van der Waals surface area contributed by atoms with Crippen LogP contribution in [0.3, 0.4) is 0 Å². The molecule has 0 saturated heterocycles. The summed E-state index contributed by atoms with van der Waals surface area (Å²) < 4.78 is 0. The molecule has 1 aromatic heterocycles. The highest BCUT2D eigenvalue weighted by Gasteiger charge is 2.17. The maximum absolute atomic E-state index is 10.4. The number of aromatic nitrogens is 1. The van der Waals surface area contributed by atoms with Crippen LogP contribution in [0.5, 0.6) is 11.5 Å². The van der Waals surface area contributed by atoms with Crippen molar-refractivity contribution in [2.24, 2.45) is 0 Å². The van der Waals surface area contributed by atoms with E-state index in [4.69, 9.17) is 6.57 Å². The Morgan fingerprint density at radius 3 is 2.61 bits per heavy atom. The predicted molar refractivity (Wildman–Crippen MR) is 90.8 cm³/mol. The second-order valence-electron chi connectivity index (χ2n) is 5.38. The van der Waals surface area contributed by atoms with Gasteiger partial charge in [-0.25, -0.2) is 4.85 Å². The van der Waals surface area contributed by atoms with E-state index in [0.29, 0.717) is 11.3 Å². The summed E-state index contributed by atoms with van der Waals surface area (Å²) in [6.45, 7) is 7.18. The van der Waals surface area contributed by atoms with E-state index in [0.717, 1.165) is 27.2 Å². The predicted octanol–water partition coefficient (Wildman–Crippen LogP) is 4.95. The van der Waals surface area contributed by atoms with Crippen LogP contribution >= 0.6 is 0 Å². The Kier molecular flexibility index (Phi) is 2.75. The van der Waals surface area contributed by atoms with Crippen molar-refractivity contribution in [2.45, 2.75) is 0 Å². The number of hydrogen-bond donors (Lipinski definition) is 3. The molecule has 0 radical (unpaired) electrons. The van der Waals surface area contributed by atoms with Crippen molar-refractivity contribution in [1.82, 2.24) is 4.98 Å². The Morgan fingerprint density at radius 1 is 0.957 bits per heavy atom. The minimum Gasteiger partial charge on any atom is -0.504 e. The van der Waals surface area contributed by atoms with Gasteiger partial charge in [0, 0.05) is 22.8 Å². The van der Waals surface area contributed by atoms with Crippen LogP contribution in [0, 0.1) is 6.57 Å². The monoisotopic (exact) mass is 300 g/mol. The lowest BCUT2D eigenvalue weighted by atomic mass is 9.96. The molecule has 0 unspecified atom stereocenters. The number of fused-ring (bicyclic) bond motifs is 2. The smallest absolute Gasteiger partial charge is 0.188 e. The Balaban J connectivity index is 2.15. The first-order chi connectivity index (χ1) is 11.2. The Bertz CT molecular complexity index is 1100. The summed E-state index contributed by atoms with van der Waals surface area (Å²) in [4.78, 5) is 6.62. The van der Waals surface area contributed by atoms with Gasteiger partial charge in [0.1, 0.15) is 0 Å². The topological polar surface area (TPSA) is 60.6 Å². The van der Waals surface area contributed by atoms with E-state index in [1.54, 1.807) is 24.4 Å². The summed E-state index contributed by atoms with van der Waals surface area (Å²) in [7, 11) is 0. The quantitative estimate of drug-likeness (QED) is 0.344. The number of hydrogen-bond acceptors (Lipinski definition) is 2. The van der Waals surface area contributed by atoms with Gasteiger partial charge in [-0.15, -0.1) is 0 Å². The zero-order chi connectivity index (χ0) is 16.0. The molecular weight excluding hydrogens is 288 g/mol. The molecule has 0 fully saturated rings. The van der Waals surface area contributed by atoms with Crippen LogP contribution in [0.15, 0.2) is 54.7 Å². The summed E-state index contributed by atoms with van der Waals surface area (Å²) in [6, 6.07) is 14.5. The minimum atomic E-state index is -0.158. The van der Waals surface area contributed by atoms with E-state index in [1.165, 1.54) is 0 Å². The molecular formula is C19H12N2O2. The molecule has 0 aliphatic heterocycles. The zero-order valence-electron chi connectivity index (χ0n) is 12.0. The highest BCUT2D eigenvalue weighted by molar-refractivity contribution is 6.08. The standard InChI is InChI=1S/C19H12N2O2/c1-20-12-6-7-16-14(9-12)15(10-21-16)18-13-5-3-2-4-11(13)8-17(22)19(18)23/h2-10,21-23H. The molecule has 4 nitrogen and oxygen atoms in total. The maximum atomic E-state index is 10.4. The second kappa shape index (κ2) is 4.79. The first kappa shape index (κ1) is 13.2. The van der Waals surface area contributed by atoms with Crippen LogP contribution in [0.25, 0.3) is 37.6 Å². The van der Waals surface area contributed by atoms with Gasteiger partial charge in [-0.3, -0.25) is 0 Å². The van der Waals surface area contributed by atoms with Gasteiger partial charge in [0.05, 0.1) is 6.57 Å². The fraction of sp³-hybridized carbons (Fsp3) is 0. The Hall–Kier alpha value is -3.45. The Morgan fingerprint density at radius 2 is 1.78 bits per heavy atom. The van der Waals surface area contributed by atoms with E-state index >= 15 is 0 Å². The van der Waals surface area contributed by atoms with E-state index in [9.17, 15) is 10.2 Å². The number of phenolic OH excluding ortho intramolecular Hbond substituents is 2. The van der Waals surface area contributed by atoms with Crippen LogP contribution in [-0.2, 0) is 0 Å². The molecule has 3 N–H and O–H groups in total. The molecule has 0 bridgehead atoms. The lowest BCUT2D eigenvalue weighted by Crippen LogP contribution is -1.83. The van der Waals surface area contributed by atoms with Crippen molar-refractivity contribution in [1.29, 1.82) is 0 Å². The van der Waals surface area contributed by atoms with E-state index in [-0.39, 0.29) is 11.5 Å². The van der Waals surface area contributed by atoms with E-state index < -0.39 is 0 Å². The highest BCUT2D eigenvalue weighted by atomic mass is 16.3. The van der Waals surface area contributed by atoms with Crippen molar-refractivity contribution < 1.29 is 10.2 Å². The van der Waals surface area contributed by atoms with Crippen LogP contribution in [0.2, 0.25) is 0 Å². The fourth-order valence-electron chi connectivity index (χ4n) is 2.98. The highest BCUT2D eigenvalue weighted by Crippen LogP contribution is 2.45. The van der Waals surface area contributed by atoms with Gasteiger partial charge >= 0.3 is 0 Å². The Labute approximate surface area is 132 Å². The minimum absolute atomic E-state index is 0.155. The third kappa shape index (κ3) is 1.91. The lowest BCUT2D eigenvalue weighted by molar-refractivity contribution is 0.406. The normalized spacial score (nSPS) is 10.9. The summed E-state index contributed by atoms with van der Waals surface area (Å²) in [5, 5.41) is 23.0. The fourth-order valence-corrected chi connectivity index (χ4v) is 2.98. The van der Waals surface area contributed by atoms with Crippen molar-refractivity contribution in [3.63, 3.8) is 0 Å². The zero-order valence-corrected chi connectivity index (χ0v) is 12.0. The van der Waals surface area contributed by atoms with Crippen molar-refractivity contribution in [3.8, 4) is 22.6 Å². The number of aromatic amines is 1. The molecule has 3 aromatic carbocycles. The number of rotatable bonds is 1. The number of nitrogens with one attached hydrogen (secondary N) is 1.